The summed E-state index contributed by atoms with van der Waals surface area (Å²) in [5.74, 6) is -6.31. The molecule has 1 fully saturated rings. The maximum absolute atomic E-state index is 15.3. The number of aromatic nitrogens is 3. The van der Waals surface area contributed by atoms with Crippen molar-refractivity contribution in [2.24, 2.45) is 12.5 Å². The van der Waals surface area contributed by atoms with Gasteiger partial charge in [-0.2, -0.15) is 13.2 Å². The summed E-state index contributed by atoms with van der Waals surface area (Å²) in [5.41, 5.74) is -5.13. The van der Waals surface area contributed by atoms with E-state index < -0.39 is 90.6 Å². The molecule has 0 bridgehead atoms. The normalized spacial score (nSPS) is 14.2. The van der Waals surface area contributed by atoms with Crippen LogP contribution in [0.15, 0.2) is 75.4 Å². The van der Waals surface area contributed by atoms with Crippen molar-refractivity contribution in [3.05, 3.63) is 110 Å². The predicted octanol–water partition coefficient (Wildman–Crippen LogP) is 3.89. The maximum Gasteiger partial charge on any atom is 0.403 e. The molecule has 0 saturated heterocycles. The van der Waals surface area contributed by atoms with Gasteiger partial charge in [-0.25, -0.2) is 36.3 Å². The minimum atomic E-state index is -4.76. The van der Waals surface area contributed by atoms with Gasteiger partial charge in [0.05, 0.1) is 22.3 Å². The van der Waals surface area contributed by atoms with Gasteiger partial charge >= 0.3 is 17.8 Å². The van der Waals surface area contributed by atoms with Crippen LogP contribution in [0.4, 0.5) is 33.3 Å². The molecule has 2 aromatic carbocycles. The Bertz CT molecular complexity index is 2360. The van der Waals surface area contributed by atoms with E-state index >= 15 is 8.78 Å². The fourth-order valence-corrected chi connectivity index (χ4v) is 6.47. The first-order valence-corrected chi connectivity index (χ1v) is 17.9. The van der Waals surface area contributed by atoms with E-state index in [2.05, 4.69) is 15.6 Å². The zero-order valence-electron chi connectivity index (χ0n) is 29.5. The lowest BCUT2D eigenvalue weighted by Gasteiger charge is -2.20. The van der Waals surface area contributed by atoms with Gasteiger partial charge in [0.25, 0.3) is 21.5 Å². The first-order chi connectivity index (χ1) is 25.6. The second-order valence-electron chi connectivity index (χ2n) is 13.1. The highest BCUT2D eigenvalue weighted by Gasteiger charge is 2.68. The van der Waals surface area contributed by atoms with E-state index in [4.69, 9.17) is 4.74 Å². The Hall–Kier alpha value is -5.92. The largest absolute Gasteiger partial charge is 0.461 e. The monoisotopic (exact) mass is 792 g/mol. The minimum absolute atomic E-state index is 0.0200. The molecule has 0 spiro atoms. The third-order valence-corrected chi connectivity index (χ3v) is 9.92. The van der Waals surface area contributed by atoms with Gasteiger partial charge in [-0.1, -0.05) is 6.07 Å². The van der Waals surface area contributed by atoms with Crippen LogP contribution < -0.4 is 26.6 Å². The molecule has 5 rings (SSSR count). The molecule has 0 radical (unpaired) electrons. The van der Waals surface area contributed by atoms with E-state index in [1.807, 2.05) is 4.72 Å². The average molecular weight is 793 g/mol. The van der Waals surface area contributed by atoms with E-state index in [1.165, 1.54) is 56.9 Å². The molecule has 55 heavy (non-hydrogen) atoms. The van der Waals surface area contributed by atoms with Crippen LogP contribution in [0.2, 0.25) is 0 Å². The number of ether oxygens (including phenoxy) is 1. The summed E-state index contributed by atoms with van der Waals surface area (Å²) in [5, 5.41) is 4.38. The number of sulfonamides is 1. The van der Waals surface area contributed by atoms with Crippen LogP contribution in [0.1, 0.15) is 48.2 Å². The number of benzene rings is 2. The molecule has 0 unspecified atom stereocenters. The number of rotatable bonds is 12. The molecule has 1 aliphatic carbocycles. The molecule has 1 saturated carbocycles. The Labute approximate surface area is 309 Å². The number of aryl methyl sites for hydroxylation is 2. The van der Waals surface area contributed by atoms with Crippen LogP contribution in [0, 0.1) is 24.0 Å². The molecule has 4 aromatic rings. The van der Waals surface area contributed by atoms with Crippen LogP contribution in [0.3, 0.4) is 0 Å². The number of carbonyl (C=O) groups is 3. The second-order valence-corrected chi connectivity index (χ2v) is 14.7. The lowest BCUT2D eigenvalue weighted by atomic mass is 10.1. The van der Waals surface area contributed by atoms with Gasteiger partial charge in [0.1, 0.15) is 28.9 Å². The average Bonchev–Trinajstić information content (AvgIpc) is 3.92. The summed E-state index contributed by atoms with van der Waals surface area (Å²) in [6, 6.07) is 5.96. The second kappa shape index (κ2) is 15.1. The summed E-state index contributed by atoms with van der Waals surface area (Å²) < 4.78 is 105. The zero-order chi connectivity index (χ0) is 40.6. The number of alkyl halides is 3. The molecule has 292 valence electrons. The van der Waals surface area contributed by atoms with Gasteiger partial charge in [0.15, 0.2) is 0 Å². The van der Waals surface area contributed by atoms with Crippen molar-refractivity contribution >= 4 is 39.2 Å². The molecule has 3 N–H and O–H groups in total. The van der Waals surface area contributed by atoms with Crippen molar-refractivity contribution in [3.8, 4) is 5.82 Å². The predicted molar refractivity (Wildman–Crippen MR) is 186 cm³/mol. The number of esters is 1. The first kappa shape index (κ1) is 40.3. The highest BCUT2D eigenvalue weighted by Crippen LogP contribution is 2.58. The molecule has 2 aromatic heterocycles. The Kier molecular flexibility index (Phi) is 11.0. The number of hydrogen-bond donors (Lipinski definition) is 3. The third kappa shape index (κ3) is 8.58. The standard InChI is InChI=1S/C35H33F5N6O8S/c1-18(2)54-31(49)27(13-20-5-10-28(41-16-20)46-30(48)19(3)17-45(4)33(46)51)43-29(47)23-14-25(37)26(15-24(23)36)44-55(52,53)22-8-6-21(7-9-22)42-32(50)34(11-12-34)35(38,39)40/h5-10,14-18,27,44H,11-13H2,1-4H3,(H,42,50)(H,43,47)/t27-/m0/s1. The van der Waals surface area contributed by atoms with Crippen molar-refractivity contribution in [2.75, 3.05) is 10.0 Å². The van der Waals surface area contributed by atoms with Crippen LogP contribution >= 0.6 is 0 Å². The number of anilines is 2. The van der Waals surface area contributed by atoms with Crippen LogP contribution in [0.5, 0.6) is 0 Å². The molecule has 20 heteroatoms. The van der Waals surface area contributed by atoms with E-state index in [9.17, 15) is 45.6 Å². The molecular weight excluding hydrogens is 759 g/mol. The minimum Gasteiger partial charge on any atom is -0.461 e. The number of amides is 2. The number of hydrogen-bond acceptors (Lipinski definition) is 9. The van der Waals surface area contributed by atoms with Crippen molar-refractivity contribution in [1.29, 1.82) is 0 Å². The quantitative estimate of drug-likeness (QED) is 0.141. The Morgan fingerprint density at radius 2 is 1.65 bits per heavy atom. The van der Waals surface area contributed by atoms with Gasteiger partial charge < -0.3 is 19.9 Å². The summed E-state index contributed by atoms with van der Waals surface area (Å²) in [7, 11) is -3.17. The van der Waals surface area contributed by atoms with Gasteiger partial charge in [-0.15, -0.1) is 0 Å². The Morgan fingerprint density at radius 3 is 2.22 bits per heavy atom. The van der Waals surface area contributed by atoms with Crippen molar-refractivity contribution < 1.29 is 49.5 Å². The maximum atomic E-state index is 15.3. The molecule has 2 amide bonds. The summed E-state index contributed by atoms with van der Waals surface area (Å²) in [4.78, 5) is 67.2. The molecule has 0 aliphatic heterocycles. The SMILES string of the molecule is Cc1cn(C)c(=O)n(-c2ccc(C[C@H](NC(=O)c3cc(F)c(NS(=O)(=O)c4ccc(NC(=O)C5(C(F)(F)F)CC5)cc4)cc3F)C(=O)OC(C)C)cn2)c1=O. The fourth-order valence-electron chi connectivity index (χ4n) is 5.41. The van der Waals surface area contributed by atoms with E-state index in [1.54, 1.807) is 0 Å². The Balaban J connectivity index is 1.30. The molecule has 1 atom stereocenters. The summed E-state index contributed by atoms with van der Waals surface area (Å²) in [6.07, 6.45) is -3.84. The summed E-state index contributed by atoms with van der Waals surface area (Å²) >= 11 is 0. The van der Waals surface area contributed by atoms with Gasteiger partial charge in [-0.05, 0) is 75.6 Å². The number of pyridine rings is 1. The molecule has 2 heterocycles. The number of nitrogens with zero attached hydrogens (tertiary/aromatic N) is 3. The van der Waals surface area contributed by atoms with Gasteiger partial charge in [0.2, 0.25) is 5.91 Å². The highest BCUT2D eigenvalue weighted by atomic mass is 32.2. The van der Waals surface area contributed by atoms with Crippen molar-refractivity contribution in [2.45, 2.75) is 63.3 Å². The van der Waals surface area contributed by atoms with Crippen LogP contribution in [-0.2, 0) is 37.8 Å². The lowest BCUT2D eigenvalue weighted by molar-refractivity contribution is -0.189. The van der Waals surface area contributed by atoms with Crippen LogP contribution in [0.25, 0.3) is 5.82 Å². The first-order valence-electron chi connectivity index (χ1n) is 16.4. The van der Waals surface area contributed by atoms with E-state index in [-0.39, 0.29) is 36.3 Å². The van der Waals surface area contributed by atoms with E-state index in [0.29, 0.717) is 17.7 Å². The molecule has 1 aliphatic rings. The molecular formula is C35H33F5N6O8S. The number of carbonyl (C=O) groups excluding carboxylic acids is 3. The topological polar surface area (TPSA) is 188 Å². The van der Waals surface area contributed by atoms with Crippen molar-refractivity contribution in [3.63, 3.8) is 0 Å². The Morgan fingerprint density at radius 1 is 1.00 bits per heavy atom. The van der Waals surface area contributed by atoms with E-state index in [0.717, 1.165) is 28.8 Å². The molecule has 14 nitrogen and oxygen atoms in total. The lowest BCUT2D eigenvalue weighted by Crippen LogP contribution is -2.44. The van der Waals surface area contributed by atoms with Gasteiger partial charge in [0, 0.05) is 43.2 Å². The van der Waals surface area contributed by atoms with Crippen molar-refractivity contribution in [1.82, 2.24) is 19.4 Å². The summed E-state index contributed by atoms with van der Waals surface area (Å²) in [6.45, 7) is 4.59. The smallest absolute Gasteiger partial charge is 0.403 e. The highest BCUT2D eigenvalue weighted by molar-refractivity contribution is 7.92. The number of nitrogens with one attached hydrogen (secondary N) is 3. The zero-order valence-corrected chi connectivity index (χ0v) is 30.3. The van der Waals surface area contributed by atoms with Gasteiger partial charge in [-0.3, -0.25) is 19.1 Å². The fraction of sp³-hybridized carbons (Fsp3) is 0.314. The van der Waals surface area contributed by atoms with Crippen LogP contribution in [-0.4, -0.2) is 58.6 Å². The number of halogens is 5. The third-order valence-electron chi connectivity index (χ3n) is 8.54.